The predicted octanol–water partition coefficient (Wildman–Crippen LogP) is 1.47. The van der Waals surface area contributed by atoms with E-state index in [4.69, 9.17) is 0 Å². The van der Waals surface area contributed by atoms with Crippen LogP contribution in [-0.4, -0.2) is 43.3 Å². The number of Topliss-reactive ketones (excluding diaryl/α,β-unsaturated/α-hetero) is 1. The Morgan fingerprint density at radius 2 is 1.89 bits per heavy atom. The van der Waals surface area contributed by atoms with E-state index in [9.17, 15) is 14.0 Å². The van der Waals surface area contributed by atoms with Crippen molar-refractivity contribution < 1.29 is 14.0 Å². The molecule has 0 aliphatic carbocycles. The highest BCUT2D eigenvalue weighted by molar-refractivity contribution is 5.96. The molecule has 1 amide bonds. The maximum absolute atomic E-state index is 12.7. The first-order valence-corrected chi connectivity index (χ1v) is 6.28. The van der Waals surface area contributed by atoms with Crippen molar-refractivity contribution >= 4 is 11.7 Å². The molecule has 0 saturated heterocycles. The van der Waals surface area contributed by atoms with Gasteiger partial charge >= 0.3 is 0 Å². The summed E-state index contributed by atoms with van der Waals surface area (Å²) in [7, 11) is 1.58. The van der Waals surface area contributed by atoms with Crippen molar-refractivity contribution in [2.75, 3.05) is 26.7 Å². The number of rotatable bonds is 7. The van der Waals surface area contributed by atoms with Gasteiger partial charge in [0.15, 0.2) is 5.78 Å². The fraction of sp³-hybridized carbons (Fsp3) is 0.429. The van der Waals surface area contributed by atoms with Crippen LogP contribution in [0.5, 0.6) is 0 Å². The molecule has 1 N–H and O–H groups in total. The highest BCUT2D eigenvalue weighted by atomic mass is 19.1. The summed E-state index contributed by atoms with van der Waals surface area (Å²) < 4.78 is 12.7. The zero-order valence-corrected chi connectivity index (χ0v) is 11.3. The topological polar surface area (TPSA) is 49.4 Å². The van der Waals surface area contributed by atoms with Crippen LogP contribution in [0.15, 0.2) is 24.3 Å². The number of amides is 1. The first-order chi connectivity index (χ1) is 9.06. The van der Waals surface area contributed by atoms with Crippen LogP contribution in [0.3, 0.4) is 0 Å². The lowest BCUT2D eigenvalue weighted by Crippen LogP contribution is -2.36. The largest absolute Gasteiger partial charge is 0.358 e. The third kappa shape index (κ3) is 5.18. The molecule has 19 heavy (non-hydrogen) atoms. The second-order valence-electron chi connectivity index (χ2n) is 4.22. The van der Waals surface area contributed by atoms with Gasteiger partial charge in [-0.05, 0) is 30.8 Å². The first-order valence-electron chi connectivity index (χ1n) is 6.28. The lowest BCUT2D eigenvalue weighted by Gasteiger charge is -2.18. The Morgan fingerprint density at radius 1 is 1.26 bits per heavy atom. The fourth-order valence-electron chi connectivity index (χ4n) is 1.67. The number of likely N-dealkylation sites (N-methyl/N-ethyl adjacent to an activating group) is 2. The molecule has 5 heteroatoms. The minimum absolute atomic E-state index is 0.0460. The third-order valence-electron chi connectivity index (χ3n) is 2.91. The molecule has 0 aliphatic rings. The van der Waals surface area contributed by atoms with Gasteiger partial charge in [0.1, 0.15) is 5.82 Å². The van der Waals surface area contributed by atoms with Gasteiger partial charge in [0.2, 0.25) is 5.91 Å². The van der Waals surface area contributed by atoms with Crippen LogP contribution in [-0.2, 0) is 4.79 Å². The van der Waals surface area contributed by atoms with Crippen molar-refractivity contribution in [3.63, 3.8) is 0 Å². The fourth-order valence-corrected chi connectivity index (χ4v) is 1.67. The van der Waals surface area contributed by atoms with Crippen LogP contribution in [0, 0.1) is 5.82 Å². The molecule has 1 rings (SSSR count). The van der Waals surface area contributed by atoms with E-state index in [1.807, 2.05) is 11.8 Å². The molecule has 0 radical (unpaired) electrons. The molecule has 0 unspecified atom stereocenters. The van der Waals surface area contributed by atoms with E-state index in [1.54, 1.807) is 7.05 Å². The number of carbonyl (C=O) groups is 2. The Hall–Kier alpha value is -1.75. The zero-order valence-electron chi connectivity index (χ0n) is 11.3. The summed E-state index contributed by atoms with van der Waals surface area (Å²) in [6, 6.07) is 5.50. The number of hydrogen-bond acceptors (Lipinski definition) is 3. The molecule has 1 aromatic carbocycles. The quantitative estimate of drug-likeness (QED) is 0.760. The molecule has 1 aromatic rings. The van der Waals surface area contributed by atoms with Crippen LogP contribution in [0.2, 0.25) is 0 Å². The SMILES string of the molecule is CCN(CCC(=O)c1ccc(F)cc1)CC(=O)NC. The van der Waals surface area contributed by atoms with Gasteiger partial charge < -0.3 is 5.32 Å². The number of hydrogen-bond donors (Lipinski definition) is 1. The maximum Gasteiger partial charge on any atom is 0.233 e. The van der Waals surface area contributed by atoms with Crippen molar-refractivity contribution in [2.45, 2.75) is 13.3 Å². The van der Waals surface area contributed by atoms with Gasteiger partial charge in [-0.2, -0.15) is 0 Å². The normalized spacial score (nSPS) is 10.5. The Kier molecular flexibility index (Phi) is 6.15. The number of nitrogens with one attached hydrogen (secondary N) is 1. The Balaban J connectivity index is 2.48. The van der Waals surface area contributed by atoms with Gasteiger partial charge in [-0.25, -0.2) is 4.39 Å². The van der Waals surface area contributed by atoms with E-state index in [0.29, 0.717) is 25.1 Å². The van der Waals surface area contributed by atoms with Crippen LogP contribution >= 0.6 is 0 Å². The molecule has 0 fully saturated rings. The molecule has 0 bridgehead atoms. The number of halogens is 1. The summed E-state index contributed by atoms with van der Waals surface area (Å²) in [5.74, 6) is -0.474. The molecule has 0 aliphatic heterocycles. The molecule has 0 saturated carbocycles. The van der Waals surface area contributed by atoms with Crippen molar-refractivity contribution in [2.24, 2.45) is 0 Å². The molecule has 4 nitrogen and oxygen atoms in total. The summed E-state index contributed by atoms with van der Waals surface area (Å²) in [6.45, 7) is 3.43. The van der Waals surface area contributed by atoms with E-state index < -0.39 is 0 Å². The van der Waals surface area contributed by atoms with Gasteiger partial charge in [-0.15, -0.1) is 0 Å². The van der Waals surface area contributed by atoms with Crippen molar-refractivity contribution in [3.8, 4) is 0 Å². The first kappa shape index (κ1) is 15.3. The zero-order chi connectivity index (χ0) is 14.3. The van der Waals surface area contributed by atoms with Crippen LogP contribution in [0.1, 0.15) is 23.7 Å². The van der Waals surface area contributed by atoms with Gasteiger partial charge in [-0.3, -0.25) is 14.5 Å². The number of carbonyl (C=O) groups excluding carboxylic acids is 2. The molecule has 0 aromatic heterocycles. The van der Waals surface area contributed by atoms with Crippen molar-refractivity contribution in [1.29, 1.82) is 0 Å². The van der Waals surface area contributed by atoms with E-state index in [-0.39, 0.29) is 24.1 Å². The standard InChI is InChI=1S/C14H19FN2O2/c1-3-17(10-14(19)16-2)9-8-13(18)11-4-6-12(15)7-5-11/h4-7H,3,8-10H2,1-2H3,(H,16,19). The van der Waals surface area contributed by atoms with Crippen LogP contribution in [0.25, 0.3) is 0 Å². The van der Waals surface area contributed by atoms with Crippen molar-refractivity contribution in [1.82, 2.24) is 10.2 Å². The Labute approximate surface area is 112 Å². The average Bonchev–Trinajstić information content (AvgIpc) is 2.43. The second-order valence-corrected chi connectivity index (χ2v) is 4.22. The molecule has 104 valence electrons. The van der Waals surface area contributed by atoms with Crippen molar-refractivity contribution in [3.05, 3.63) is 35.6 Å². The minimum atomic E-state index is -0.355. The van der Waals surface area contributed by atoms with Gasteiger partial charge in [0, 0.05) is 25.6 Å². The summed E-state index contributed by atoms with van der Waals surface area (Å²) >= 11 is 0. The van der Waals surface area contributed by atoms with E-state index >= 15 is 0 Å². The molecular formula is C14H19FN2O2. The van der Waals surface area contributed by atoms with Gasteiger partial charge in [0.05, 0.1) is 6.54 Å². The number of ketones is 1. The second kappa shape index (κ2) is 7.63. The molecular weight excluding hydrogens is 247 g/mol. The minimum Gasteiger partial charge on any atom is -0.358 e. The summed E-state index contributed by atoms with van der Waals surface area (Å²) in [4.78, 5) is 25.0. The smallest absolute Gasteiger partial charge is 0.233 e. The summed E-state index contributed by atoms with van der Waals surface area (Å²) in [5.41, 5.74) is 0.498. The molecule has 0 spiro atoms. The number of benzene rings is 1. The third-order valence-corrected chi connectivity index (χ3v) is 2.91. The number of nitrogens with zero attached hydrogens (tertiary/aromatic N) is 1. The highest BCUT2D eigenvalue weighted by Gasteiger charge is 2.11. The Bertz CT molecular complexity index is 432. The average molecular weight is 266 g/mol. The van der Waals surface area contributed by atoms with Gasteiger partial charge in [0.25, 0.3) is 0 Å². The van der Waals surface area contributed by atoms with Gasteiger partial charge in [-0.1, -0.05) is 6.92 Å². The maximum atomic E-state index is 12.7. The lowest BCUT2D eigenvalue weighted by molar-refractivity contribution is -0.121. The summed E-state index contributed by atoms with van der Waals surface area (Å²) in [5, 5.41) is 2.55. The highest BCUT2D eigenvalue weighted by Crippen LogP contribution is 2.06. The predicted molar refractivity (Wildman–Crippen MR) is 71.5 cm³/mol. The summed E-state index contributed by atoms with van der Waals surface area (Å²) in [6.07, 6.45) is 0.316. The van der Waals surface area contributed by atoms with E-state index in [2.05, 4.69) is 5.32 Å². The van der Waals surface area contributed by atoms with Crippen LogP contribution < -0.4 is 5.32 Å². The van der Waals surface area contributed by atoms with E-state index in [0.717, 1.165) is 0 Å². The van der Waals surface area contributed by atoms with Crippen LogP contribution in [0.4, 0.5) is 4.39 Å². The molecule has 0 atom stereocenters. The van der Waals surface area contributed by atoms with E-state index in [1.165, 1.54) is 24.3 Å². The Morgan fingerprint density at radius 3 is 2.42 bits per heavy atom. The molecule has 0 heterocycles. The lowest BCUT2D eigenvalue weighted by atomic mass is 10.1. The monoisotopic (exact) mass is 266 g/mol.